The lowest BCUT2D eigenvalue weighted by Gasteiger charge is -2.37. The van der Waals surface area contributed by atoms with E-state index in [2.05, 4.69) is 66.7 Å². The Morgan fingerprint density at radius 1 is 0.692 bits per heavy atom. The minimum absolute atomic E-state index is 0.0509. The van der Waals surface area contributed by atoms with Gasteiger partial charge in [0.2, 0.25) is 0 Å². The molecule has 2 bridgehead atoms. The van der Waals surface area contributed by atoms with Gasteiger partial charge in [0, 0.05) is 29.5 Å². The lowest BCUT2D eigenvalue weighted by molar-refractivity contribution is 0.0506. The van der Waals surface area contributed by atoms with Gasteiger partial charge in [0.1, 0.15) is 6.61 Å². The lowest BCUT2D eigenvalue weighted by atomic mass is 9.84. The zero-order valence-electron chi connectivity index (χ0n) is 21.8. The van der Waals surface area contributed by atoms with Crippen LogP contribution in [0.15, 0.2) is 103 Å². The Morgan fingerprint density at radius 2 is 1.28 bits per heavy atom. The summed E-state index contributed by atoms with van der Waals surface area (Å²) in [5, 5.41) is 0. The summed E-state index contributed by atoms with van der Waals surface area (Å²) in [5.41, 5.74) is 7.82. The summed E-state index contributed by atoms with van der Waals surface area (Å²) in [6, 6.07) is 35.0. The van der Waals surface area contributed by atoms with Crippen LogP contribution in [0, 0.1) is 5.92 Å². The molecule has 1 amide bonds. The summed E-state index contributed by atoms with van der Waals surface area (Å²) in [4.78, 5) is 28.9. The summed E-state index contributed by atoms with van der Waals surface area (Å²) in [5.74, 6) is 0.179. The van der Waals surface area contributed by atoms with Crippen LogP contribution in [-0.2, 0) is 4.74 Å². The number of carbonyl (C=O) groups excluding carboxylic acids is 2. The van der Waals surface area contributed by atoms with Crippen molar-refractivity contribution < 1.29 is 14.3 Å². The highest BCUT2D eigenvalue weighted by molar-refractivity contribution is 5.99. The number of ether oxygens (including phenoxy) is 1. The van der Waals surface area contributed by atoms with Crippen molar-refractivity contribution in [1.82, 2.24) is 4.90 Å². The van der Waals surface area contributed by atoms with Crippen LogP contribution in [0.3, 0.4) is 0 Å². The van der Waals surface area contributed by atoms with Crippen LogP contribution in [-0.4, -0.2) is 35.5 Å². The lowest BCUT2D eigenvalue weighted by Crippen LogP contribution is -2.48. The van der Waals surface area contributed by atoms with Crippen molar-refractivity contribution in [2.75, 3.05) is 6.61 Å². The molecule has 2 aliphatic heterocycles. The zero-order valence-corrected chi connectivity index (χ0v) is 21.8. The molecule has 2 fully saturated rings. The number of fused-ring (bicyclic) bond motifs is 5. The van der Waals surface area contributed by atoms with Crippen LogP contribution >= 0.6 is 0 Å². The van der Waals surface area contributed by atoms with Gasteiger partial charge in [-0.25, -0.2) is 4.79 Å². The molecule has 2 atom stereocenters. The number of Topliss-reactive ketones (excluding diaryl/α,β-unsaturated/α-hetero) is 1. The monoisotopic (exact) mass is 513 g/mol. The number of benzene rings is 4. The van der Waals surface area contributed by atoms with E-state index in [9.17, 15) is 9.59 Å². The molecule has 0 radical (unpaired) electrons. The van der Waals surface area contributed by atoms with Crippen molar-refractivity contribution in [3.05, 3.63) is 120 Å². The summed E-state index contributed by atoms with van der Waals surface area (Å²) >= 11 is 0. The average molecular weight is 514 g/mol. The van der Waals surface area contributed by atoms with Gasteiger partial charge in [-0.15, -0.1) is 0 Å². The first-order chi connectivity index (χ1) is 19.2. The van der Waals surface area contributed by atoms with Crippen molar-refractivity contribution in [3.63, 3.8) is 0 Å². The number of rotatable bonds is 5. The summed E-state index contributed by atoms with van der Waals surface area (Å²) in [6.07, 6.45) is 3.04. The largest absolute Gasteiger partial charge is 0.448 e. The first-order valence-electron chi connectivity index (χ1n) is 14.0. The van der Waals surface area contributed by atoms with Crippen LogP contribution in [0.4, 0.5) is 4.79 Å². The highest BCUT2D eigenvalue weighted by Gasteiger charge is 2.46. The van der Waals surface area contributed by atoms with Gasteiger partial charge in [-0.05, 0) is 65.1 Å². The Bertz CT molecular complexity index is 1490. The number of carbonyl (C=O) groups is 2. The van der Waals surface area contributed by atoms with Gasteiger partial charge in [-0.2, -0.15) is 0 Å². The van der Waals surface area contributed by atoms with Gasteiger partial charge >= 0.3 is 6.09 Å². The Kier molecular flexibility index (Phi) is 6.04. The number of hydrogen-bond donors (Lipinski definition) is 0. The van der Waals surface area contributed by atoms with Crippen molar-refractivity contribution in [2.24, 2.45) is 5.92 Å². The molecule has 0 aromatic heterocycles. The molecule has 194 valence electrons. The zero-order chi connectivity index (χ0) is 26.3. The van der Waals surface area contributed by atoms with E-state index in [1.165, 1.54) is 22.3 Å². The maximum Gasteiger partial charge on any atom is 0.410 e. The number of amides is 1. The molecule has 4 nitrogen and oxygen atoms in total. The fraction of sp³-hybridized carbons (Fsp3) is 0.257. The third-order valence-corrected chi connectivity index (χ3v) is 8.90. The molecule has 0 saturated carbocycles. The summed E-state index contributed by atoms with van der Waals surface area (Å²) < 4.78 is 6.01. The molecule has 0 spiro atoms. The van der Waals surface area contributed by atoms with Gasteiger partial charge in [-0.3, -0.25) is 4.79 Å². The topological polar surface area (TPSA) is 46.6 Å². The van der Waals surface area contributed by atoms with E-state index >= 15 is 0 Å². The van der Waals surface area contributed by atoms with Gasteiger partial charge in [-0.1, -0.05) is 97.1 Å². The maximum absolute atomic E-state index is 13.6. The molecule has 0 N–H and O–H groups in total. The third-order valence-electron chi connectivity index (χ3n) is 8.90. The number of ketones is 1. The normalized spacial score (nSPS) is 21.3. The van der Waals surface area contributed by atoms with Crippen LogP contribution in [0.2, 0.25) is 0 Å². The first kappa shape index (κ1) is 23.9. The predicted octanol–water partition coefficient (Wildman–Crippen LogP) is 7.73. The summed E-state index contributed by atoms with van der Waals surface area (Å²) in [6.45, 7) is 0.331. The second kappa shape index (κ2) is 9.85. The van der Waals surface area contributed by atoms with E-state index in [1.54, 1.807) is 0 Å². The Morgan fingerprint density at radius 3 is 1.95 bits per heavy atom. The summed E-state index contributed by atoms with van der Waals surface area (Å²) in [7, 11) is 0. The molecule has 4 heteroatoms. The molecule has 39 heavy (non-hydrogen) atoms. The molecule has 3 aliphatic rings. The number of piperidine rings is 1. The standard InChI is InChI=1S/C35H31NO3/c37-34(25-12-8-11-24(19-25)23-9-2-1-3-10-23)26-20-27-17-18-28(21-26)36(27)35(38)39-22-33-31-15-6-4-13-29(31)30-14-5-7-16-32(30)33/h1-16,19,26-28,33H,17-18,20-22H2. The minimum atomic E-state index is -0.235. The van der Waals surface area contributed by atoms with Crippen LogP contribution in [0.1, 0.15) is 53.1 Å². The van der Waals surface area contributed by atoms with Crippen LogP contribution < -0.4 is 0 Å². The van der Waals surface area contributed by atoms with Gasteiger partial charge in [0.15, 0.2) is 5.78 Å². The molecule has 2 heterocycles. The van der Waals surface area contributed by atoms with Crippen LogP contribution in [0.5, 0.6) is 0 Å². The fourth-order valence-corrected chi connectivity index (χ4v) is 7.08. The molecule has 4 aromatic carbocycles. The van der Waals surface area contributed by atoms with E-state index in [1.807, 2.05) is 41.3 Å². The van der Waals surface area contributed by atoms with Crippen molar-refractivity contribution >= 4 is 11.9 Å². The molecule has 1 aliphatic carbocycles. The van der Waals surface area contributed by atoms with E-state index in [0.29, 0.717) is 19.4 Å². The van der Waals surface area contributed by atoms with E-state index in [0.717, 1.165) is 29.5 Å². The molecule has 7 rings (SSSR count). The van der Waals surface area contributed by atoms with Gasteiger partial charge < -0.3 is 9.64 Å². The number of hydrogen-bond acceptors (Lipinski definition) is 3. The molecular weight excluding hydrogens is 482 g/mol. The van der Waals surface area contributed by atoms with Gasteiger partial charge in [0.25, 0.3) is 0 Å². The van der Waals surface area contributed by atoms with Crippen LogP contribution in [0.25, 0.3) is 22.3 Å². The maximum atomic E-state index is 13.6. The highest BCUT2D eigenvalue weighted by Crippen LogP contribution is 2.45. The average Bonchev–Trinajstić information content (AvgIpc) is 3.46. The van der Waals surface area contributed by atoms with E-state index < -0.39 is 0 Å². The quantitative estimate of drug-likeness (QED) is 0.257. The molecule has 2 unspecified atom stereocenters. The second-order valence-electron chi connectivity index (χ2n) is 11.1. The Balaban J connectivity index is 1.04. The van der Waals surface area contributed by atoms with Crippen molar-refractivity contribution in [1.29, 1.82) is 0 Å². The third kappa shape index (κ3) is 4.24. The highest BCUT2D eigenvalue weighted by atomic mass is 16.6. The minimum Gasteiger partial charge on any atom is -0.448 e. The molecule has 2 saturated heterocycles. The smallest absolute Gasteiger partial charge is 0.410 e. The fourth-order valence-electron chi connectivity index (χ4n) is 7.08. The first-order valence-corrected chi connectivity index (χ1v) is 14.0. The predicted molar refractivity (Wildman–Crippen MR) is 153 cm³/mol. The van der Waals surface area contributed by atoms with E-state index in [-0.39, 0.29) is 35.8 Å². The Hall–Kier alpha value is -4.18. The SMILES string of the molecule is O=C(c1cccc(-c2ccccc2)c1)C1CC2CCC(C1)N2C(=O)OCC1c2ccccc2-c2ccccc21. The number of nitrogens with zero attached hydrogens (tertiary/aromatic N) is 1. The van der Waals surface area contributed by atoms with Crippen molar-refractivity contribution in [3.8, 4) is 22.3 Å². The Labute approximate surface area is 229 Å². The molecule has 4 aromatic rings. The van der Waals surface area contributed by atoms with Gasteiger partial charge in [0.05, 0.1) is 0 Å². The second-order valence-corrected chi connectivity index (χ2v) is 11.1. The van der Waals surface area contributed by atoms with Crippen molar-refractivity contribution in [2.45, 2.75) is 43.7 Å². The van der Waals surface area contributed by atoms with E-state index in [4.69, 9.17) is 4.74 Å². The molecular formula is C35H31NO3.